The highest BCUT2D eigenvalue weighted by Crippen LogP contribution is 2.26. The van der Waals surface area contributed by atoms with E-state index < -0.39 is 0 Å². The van der Waals surface area contributed by atoms with Crippen LogP contribution < -0.4 is 0 Å². The standard InChI is InChI=1S/C16H12O2/c1-11(17)15-8-9-16(18-15)14-7-6-12-4-2-3-5-13(12)10-14/h2-10H,1H3. The fraction of sp³-hybridized carbons (Fsp3) is 0.0625. The van der Waals surface area contributed by atoms with Gasteiger partial charge in [-0.25, -0.2) is 0 Å². The van der Waals surface area contributed by atoms with Gasteiger partial charge in [0.1, 0.15) is 5.76 Å². The fourth-order valence-electron chi connectivity index (χ4n) is 2.02. The fourth-order valence-corrected chi connectivity index (χ4v) is 2.02. The molecule has 0 saturated carbocycles. The van der Waals surface area contributed by atoms with Gasteiger partial charge in [-0.3, -0.25) is 4.79 Å². The zero-order valence-corrected chi connectivity index (χ0v) is 10.0. The molecule has 0 spiro atoms. The van der Waals surface area contributed by atoms with E-state index in [0.29, 0.717) is 5.76 Å². The van der Waals surface area contributed by atoms with Crippen LogP contribution in [0.3, 0.4) is 0 Å². The molecule has 2 aromatic carbocycles. The van der Waals surface area contributed by atoms with E-state index in [1.807, 2.05) is 24.3 Å². The Morgan fingerprint density at radius 1 is 0.944 bits per heavy atom. The molecule has 0 saturated heterocycles. The lowest BCUT2D eigenvalue weighted by Gasteiger charge is -2.00. The van der Waals surface area contributed by atoms with Crippen molar-refractivity contribution in [3.8, 4) is 11.3 Å². The Morgan fingerprint density at radius 2 is 1.72 bits per heavy atom. The van der Waals surface area contributed by atoms with Crippen molar-refractivity contribution in [2.75, 3.05) is 0 Å². The number of furan rings is 1. The van der Waals surface area contributed by atoms with E-state index in [1.54, 1.807) is 6.07 Å². The van der Waals surface area contributed by atoms with E-state index in [1.165, 1.54) is 12.3 Å². The molecule has 0 fully saturated rings. The molecular formula is C16H12O2. The van der Waals surface area contributed by atoms with E-state index in [9.17, 15) is 4.79 Å². The number of carbonyl (C=O) groups excluding carboxylic acids is 1. The Bertz CT molecular complexity index is 723. The minimum absolute atomic E-state index is 0.0537. The Kier molecular flexibility index (Phi) is 2.49. The largest absolute Gasteiger partial charge is 0.453 e. The third-order valence-corrected chi connectivity index (χ3v) is 2.99. The van der Waals surface area contributed by atoms with E-state index >= 15 is 0 Å². The first-order valence-corrected chi connectivity index (χ1v) is 5.84. The van der Waals surface area contributed by atoms with Gasteiger partial charge < -0.3 is 4.42 Å². The molecule has 3 aromatic rings. The lowest BCUT2D eigenvalue weighted by Crippen LogP contribution is -1.86. The van der Waals surface area contributed by atoms with Crippen LogP contribution in [0.15, 0.2) is 59.0 Å². The minimum Gasteiger partial charge on any atom is -0.453 e. The summed E-state index contributed by atoms with van der Waals surface area (Å²) in [7, 11) is 0. The van der Waals surface area contributed by atoms with Crippen molar-refractivity contribution in [1.82, 2.24) is 0 Å². The van der Waals surface area contributed by atoms with Gasteiger partial charge in [-0.05, 0) is 29.0 Å². The predicted octanol–water partition coefficient (Wildman–Crippen LogP) is 4.30. The highest BCUT2D eigenvalue weighted by atomic mass is 16.3. The van der Waals surface area contributed by atoms with Crippen molar-refractivity contribution in [3.05, 3.63) is 60.4 Å². The second-order valence-electron chi connectivity index (χ2n) is 4.28. The minimum atomic E-state index is -0.0537. The van der Waals surface area contributed by atoms with Crippen LogP contribution in [-0.2, 0) is 0 Å². The van der Waals surface area contributed by atoms with Gasteiger partial charge in [0.2, 0.25) is 0 Å². The summed E-state index contributed by atoms with van der Waals surface area (Å²) in [5.74, 6) is 1.08. The monoisotopic (exact) mass is 236 g/mol. The number of benzene rings is 2. The molecule has 0 radical (unpaired) electrons. The van der Waals surface area contributed by atoms with Crippen LogP contribution in [0, 0.1) is 0 Å². The van der Waals surface area contributed by atoms with Gasteiger partial charge in [0.05, 0.1) is 0 Å². The first-order chi connectivity index (χ1) is 8.74. The average Bonchev–Trinajstić information content (AvgIpc) is 2.88. The number of hydrogen-bond donors (Lipinski definition) is 0. The summed E-state index contributed by atoms with van der Waals surface area (Å²) in [4.78, 5) is 11.2. The number of fused-ring (bicyclic) bond motifs is 1. The number of ketones is 1. The maximum absolute atomic E-state index is 11.2. The summed E-state index contributed by atoms with van der Waals surface area (Å²) in [5, 5.41) is 2.36. The summed E-state index contributed by atoms with van der Waals surface area (Å²) in [6, 6.07) is 17.8. The molecule has 3 rings (SSSR count). The maximum Gasteiger partial charge on any atom is 0.194 e. The number of rotatable bonds is 2. The van der Waals surface area contributed by atoms with Crippen LogP contribution in [0.2, 0.25) is 0 Å². The lowest BCUT2D eigenvalue weighted by atomic mass is 10.1. The molecule has 0 unspecified atom stereocenters. The molecule has 0 N–H and O–H groups in total. The third-order valence-electron chi connectivity index (χ3n) is 2.99. The van der Waals surface area contributed by atoms with Gasteiger partial charge in [0, 0.05) is 12.5 Å². The second-order valence-corrected chi connectivity index (χ2v) is 4.28. The first-order valence-electron chi connectivity index (χ1n) is 5.84. The van der Waals surface area contributed by atoms with Crippen molar-refractivity contribution in [3.63, 3.8) is 0 Å². The molecular weight excluding hydrogens is 224 g/mol. The first kappa shape index (κ1) is 10.8. The Balaban J connectivity index is 2.10. The lowest BCUT2D eigenvalue weighted by molar-refractivity contribution is 0.0988. The van der Waals surface area contributed by atoms with E-state index in [-0.39, 0.29) is 5.78 Å². The van der Waals surface area contributed by atoms with Gasteiger partial charge >= 0.3 is 0 Å². The zero-order chi connectivity index (χ0) is 12.5. The number of Topliss-reactive ketones (excluding diaryl/α,β-unsaturated/α-hetero) is 1. The Hall–Kier alpha value is -2.35. The normalized spacial score (nSPS) is 10.7. The predicted molar refractivity (Wildman–Crippen MR) is 71.7 cm³/mol. The topological polar surface area (TPSA) is 30.2 Å². The summed E-state index contributed by atoms with van der Waals surface area (Å²) in [5.41, 5.74) is 0.987. The van der Waals surface area contributed by atoms with Crippen molar-refractivity contribution in [1.29, 1.82) is 0 Å². The Morgan fingerprint density at radius 3 is 2.44 bits per heavy atom. The van der Waals surface area contributed by atoms with Crippen LogP contribution in [0.5, 0.6) is 0 Å². The van der Waals surface area contributed by atoms with E-state index in [2.05, 4.69) is 24.3 Å². The van der Waals surface area contributed by atoms with Gasteiger partial charge in [0.25, 0.3) is 0 Å². The van der Waals surface area contributed by atoms with Crippen molar-refractivity contribution in [2.45, 2.75) is 6.92 Å². The quantitative estimate of drug-likeness (QED) is 0.621. The molecule has 18 heavy (non-hydrogen) atoms. The summed E-state index contributed by atoms with van der Waals surface area (Å²) >= 11 is 0. The molecule has 2 heteroatoms. The Labute approximate surface area is 105 Å². The molecule has 0 amide bonds. The smallest absolute Gasteiger partial charge is 0.194 e. The molecule has 0 aliphatic carbocycles. The summed E-state index contributed by atoms with van der Waals surface area (Å²) in [6.07, 6.45) is 0. The highest BCUT2D eigenvalue weighted by molar-refractivity contribution is 5.92. The van der Waals surface area contributed by atoms with Crippen LogP contribution >= 0.6 is 0 Å². The van der Waals surface area contributed by atoms with Crippen LogP contribution in [0.25, 0.3) is 22.1 Å². The average molecular weight is 236 g/mol. The van der Waals surface area contributed by atoms with Crippen LogP contribution in [-0.4, -0.2) is 5.78 Å². The van der Waals surface area contributed by atoms with Crippen LogP contribution in [0.4, 0.5) is 0 Å². The third kappa shape index (κ3) is 1.82. The van der Waals surface area contributed by atoms with Gasteiger partial charge in [-0.2, -0.15) is 0 Å². The highest BCUT2D eigenvalue weighted by Gasteiger charge is 2.08. The van der Waals surface area contributed by atoms with E-state index in [0.717, 1.165) is 16.7 Å². The zero-order valence-electron chi connectivity index (χ0n) is 10.0. The molecule has 0 aliphatic heterocycles. The molecule has 0 bridgehead atoms. The van der Waals surface area contributed by atoms with Crippen molar-refractivity contribution in [2.24, 2.45) is 0 Å². The van der Waals surface area contributed by atoms with Crippen molar-refractivity contribution >= 4 is 16.6 Å². The summed E-state index contributed by atoms with van der Waals surface area (Å²) in [6.45, 7) is 1.50. The molecule has 1 heterocycles. The molecule has 0 aliphatic rings. The SMILES string of the molecule is CC(=O)c1ccc(-c2ccc3ccccc3c2)o1. The van der Waals surface area contributed by atoms with Crippen LogP contribution in [0.1, 0.15) is 17.5 Å². The molecule has 88 valence electrons. The van der Waals surface area contributed by atoms with Gasteiger partial charge in [-0.1, -0.05) is 36.4 Å². The van der Waals surface area contributed by atoms with Crippen molar-refractivity contribution < 1.29 is 9.21 Å². The van der Waals surface area contributed by atoms with Gasteiger partial charge in [0.15, 0.2) is 11.5 Å². The summed E-state index contributed by atoms with van der Waals surface area (Å²) < 4.78 is 5.53. The number of hydrogen-bond acceptors (Lipinski definition) is 2. The molecule has 2 nitrogen and oxygen atoms in total. The second kappa shape index (κ2) is 4.15. The maximum atomic E-state index is 11.2. The van der Waals surface area contributed by atoms with E-state index in [4.69, 9.17) is 4.42 Å². The molecule has 0 atom stereocenters. The number of carbonyl (C=O) groups is 1. The molecule has 1 aromatic heterocycles. The van der Waals surface area contributed by atoms with Gasteiger partial charge in [-0.15, -0.1) is 0 Å².